The standard InChI is InChI=1S/C13H18N2O3S/c16-8-10(12(17)14-9-4-1-2-5-9)15-13(18)11-6-3-7-19-11/h3,6-7,9-10,16H,1-2,4-5,8H2,(H,14,17)(H,15,18)/t10-/m0/s1. The van der Waals surface area contributed by atoms with Crippen LogP contribution in [0.1, 0.15) is 35.4 Å². The van der Waals surface area contributed by atoms with Gasteiger partial charge in [-0.2, -0.15) is 0 Å². The van der Waals surface area contributed by atoms with Crippen molar-refractivity contribution in [2.45, 2.75) is 37.8 Å². The summed E-state index contributed by atoms with van der Waals surface area (Å²) in [5.74, 6) is -0.630. The van der Waals surface area contributed by atoms with Crippen molar-refractivity contribution in [3.63, 3.8) is 0 Å². The van der Waals surface area contributed by atoms with Gasteiger partial charge in [-0.15, -0.1) is 11.3 Å². The molecule has 1 heterocycles. The zero-order valence-electron chi connectivity index (χ0n) is 10.6. The third kappa shape index (κ3) is 3.78. The molecule has 6 heteroatoms. The molecule has 1 fully saturated rings. The van der Waals surface area contributed by atoms with Gasteiger partial charge in [0, 0.05) is 6.04 Å². The molecule has 1 saturated carbocycles. The summed E-state index contributed by atoms with van der Waals surface area (Å²) in [6.07, 6.45) is 4.19. The first-order valence-corrected chi connectivity index (χ1v) is 7.34. The largest absolute Gasteiger partial charge is 0.394 e. The average Bonchev–Trinajstić information content (AvgIpc) is 3.07. The normalized spacial score (nSPS) is 17.1. The maximum Gasteiger partial charge on any atom is 0.262 e. The summed E-state index contributed by atoms with van der Waals surface area (Å²) in [5.41, 5.74) is 0. The van der Waals surface area contributed by atoms with Crippen LogP contribution in [0, 0.1) is 0 Å². The Morgan fingerprint density at radius 3 is 2.74 bits per heavy atom. The number of rotatable bonds is 5. The molecule has 0 spiro atoms. The lowest BCUT2D eigenvalue weighted by atomic mass is 10.2. The Hall–Kier alpha value is -1.40. The molecule has 0 unspecified atom stereocenters. The lowest BCUT2D eigenvalue weighted by Crippen LogP contribution is -2.50. The fourth-order valence-electron chi connectivity index (χ4n) is 2.20. The molecule has 1 atom stereocenters. The van der Waals surface area contributed by atoms with Crippen molar-refractivity contribution in [1.29, 1.82) is 0 Å². The van der Waals surface area contributed by atoms with E-state index in [-0.39, 0.29) is 17.9 Å². The van der Waals surface area contributed by atoms with Gasteiger partial charge in [0.15, 0.2) is 0 Å². The van der Waals surface area contributed by atoms with Crippen LogP contribution in [0.25, 0.3) is 0 Å². The zero-order chi connectivity index (χ0) is 13.7. The number of thiophene rings is 1. The summed E-state index contributed by atoms with van der Waals surface area (Å²) in [7, 11) is 0. The van der Waals surface area contributed by atoms with Crippen molar-refractivity contribution >= 4 is 23.2 Å². The molecule has 3 N–H and O–H groups in total. The van der Waals surface area contributed by atoms with E-state index in [1.165, 1.54) is 11.3 Å². The molecular weight excluding hydrogens is 264 g/mol. The highest BCUT2D eigenvalue weighted by atomic mass is 32.1. The molecule has 0 bridgehead atoms. The minimum Gasteiger partial charge on any atom is -0.394 e. The van der Waals surface area contributed by atoms with E-state index < -0.39 is 12.6 Å². The molecule has 5 nitrogen and oxygen atoms in total. The van der Waals surface area contributed by atoms with Gasteiger partial charge in [-0.25, -0.2) is 0 Å². The first-order chi connectivity index (χ1) is 9.20. The number of hydrogen-bond acceptors (Lipinski definition) is 4. The Balaban J connectivity index is 1.88. The number of nitrogens with one attached hydrogen (secondary N) is 2. The number of aliphatic hydroxyl groups is 1. The van der Waals surface area contributed by atoms with Gasteiger partial charge >= 0.3 is 0 Å². The van der Waals surface area contributed by atoms with Gasteiger partial charge < -0.3 is 15.7 Å². The monoisotopic (exact) mass is 282 g/mol. The molecule has 2 rings (SSSR count). The van der Waals surface area contributed by atoms with E-state index in [1.54, 1.807) is 17.5 Å². The van der Waals surface area contributed by atoms with Gasteiger partial charge in [0.1, 0.15) is 6.04 Å². The molecule has 19 heavy (non-hydrogen) atoms. The third-order valence-corrected chi connectivity index (χ3v) is 4.12. The van der Waals surface area contributed by atoms with Crippen LogP contribution in [0.5, 0.6) is 0 Å². The van der Waals surface area contributed by atoms with Gasteiger partial charge in [-0.3, -0.25) is 9.59 Å². The van der Waals surface area contributed by atoms with Gasteiger partial charge in [0.05, 0.1) is 11.5 Å². The summed E-state index contributed by atoms with van der Waals surface area (Å²) in [6, 6.07) is 2.76. The molecular formula is C13H18N2O3S. The van der Waals surface area contributed by atoms with Crippen molar-refractivity contribution in [3.05, 3.63) is 22.4 Å². The first-order valence-electron chi connectivity index (χ1n) is 6.46. The fourth-order valence-corrected chi connectivity index (χ4v) is 2.83. The van der Waals surface area contributed by atoms with Gasteiger partial charge in [-0.1, -0.05) is 18.9 Å². The molecule has 2 amide bonds. The Bertz CT molecular complexity index is 427. The zero-order valence-corrected chi connectivity index (χ0v) is 11.4. The lowest BCUT2D eigenvalue weighted by Gasteiger charge is -2.19. The molecule has 0 aliphatic heterocycles. The molecule has 0 radical (unpaired) electrons. The van der Waals surface area contributed by atoms with Crippen molar-refractivity contribution in [1.82, 2.24) is 10.6 Å². The van der Waals surface area contributed by atoms with E-state index in [0.717, 1.165) is 25.7 Å². The number of aliphatic hydroxyl groups excluding tert-OH is 1. The van der Waals surface area contributed by atoms with Gasteiger partial charge in [0.2, 0.25) is 5.91 Å². The van der Waals surface area contributed by atoms with E-state index in [1.807, 2.05) is 0 Å². The smallest absolute Gasteiger partial charge is 0.262 e. The Morgan fingerprint density at radius 2 is 2.16 bits per heavy atom. The minimum absolute atomic E-state index is 0.181. The number of amides is 2. The van der Waals surface area contributed by atoms with Crippen LogP contribution in [0.2, 0.25) is 0 Å². The topological polar surface area (TPSA) is 78.4 Å². The number of hydrogen-bond donors (Lipinski definition) is 3. The highest BCUT2D eigenvalue weighted by Crippen LogP contribution is 2.17. The Labute approximate surface area is 116 Å². The average molecular weight is 282 g/mol. The van der Waals surface area contributed by atoms with Crippen LogP contribution in [0.15, 0.2) is 17.5 Å². The summed E-state index contributed by atoms with van der Waals surface area (Å²) >= 11 is 1.30. The summed E-state index contributed by atoms with van der Waals surface area (Å²) < 4.78 is 0. The van der Waals surface area contributed by atoms with Crippen molar-refractivity contribution in [2.24, 2.45) is 0 Å². The highest BCUT2D eigenvalue weighted by Gasteiger charge is 2.24. The van der Waals surface area contributed by atoms with E-state index in [9.17, 15) is 14.7 Å². The maximum absolute atomic E-state index is 12.0. The van der Waals surface area contributed by atoms with Crippen LogP contribution >= 0.6 is 11.3 Å². The second kappa shape index (κ2) is 6.68. The van der Waals surface area contributed by atoms with Gasteiger partial charge in [-0.05, 0) is 24.3 Å². The second-order valence-corrected chi connectivity index (χ2v) is 5.62. The Morgan fingerprint density at radius 1 is 1.42 bits per heavy atom. The molecule has 0 saturated heterocycles. The van der Waals surface area contributed by atoms with Crippen LogP contribution in [-0.2, 0) is 4.79 Å². The van der Waals surface area contributed by atoms with Crippen LogP contribution in [-0.4, -0.2) is 35.6 Å². The third-order valence-electron chi connectivity index (χ3n) is 3.25. The summed E-state index contributed by atoms with van der Waals surface area (Å²) in [6.45, 7) is -0.393. The van der Waals surface area contributed by atoms with Crippen molar-refractivity contribution < 1.29 is 14.7 Å². The molecule has 104 valence electrons. The van der Waals surface area contributed by atoms with E-state index in [4.69, 9.17) is 0 Å². The maximum atomic E-state index is 12.0. The SMILES string of the molecule is O=C(N[C@@H](CO)C(=O)NC1CCCC1)c1cccs1. The predicted octanol–water partition coefficient (Wildman–Crippen LogP) is 0.898. The second-order valence-electron chi connectivity index (χ2n) is 4.68. The van der Waals surface area contributed by atoms with Gasteiger partial charge in [0.25, 0.3) is 5.91 Å². The molecule has 1 aromatic heterocycles. The summed E-state index contributed by atoms with van der Waals surface area (Å²) in [5, 5.41) is 16.5. The lowest BCUT2D eigenvalue weighted by molar-refractivity contribution is -0.124. The van der Waals surface area contributed by atoms with Crippen LogP contribution in [0.4, 0.5) is 0 Å². The quantitative estimate of drug-likeness (QED) is 0.750. The number of carbonyl (C=O) groups excluding carboxylic acids is 2. The predicted molar refractivity (Wildman–Crippen MR) is 73.1 cm³/mol. The van der Waals surface area contributed by atoms with E-state index >= 15 is 0 Å². The number of carbonyl (C=O) groups is 2. The minimum atomic E-state index is -0.879. The van der Waals surface area contributed by atoms with E-state index in [2.05, 4.69) is 10.6 Å². The molecule has 1 aromatic rings. The fraction of sp³-hybridized carbons (Fsp3) is 0.538. The highest BCUT2D eigenvalue weighted by molar-refractivity contribution is 7.12. The van der Waals surface area contributed by atoms with Crippen LogP contribution in [0.3, 0.4) is 0 Å². The molecule has 1 aliphatic rings. The first kappa shape index (κ1) is 14.0. The molecule has 0 aromatic carbocycles. The van der Waals surface area contributed by atoms with Crippen molar-refractivity contribution in [2.75, 3.05) is 6.61 Å². The molecule has 1 aliphatic carbocycles. The van der Waals surface area contributed by atoms with Crippen LogP contribution < -0.4 is 10.6 Å². The summed E-state index contributed by atoms with van der Waals surface area (Å²) in [4.78, 5) is 24.3. The van der Waals surface area contributed by atoms with Crippen molar-refractivity contribution in [3.8, 4) is 0 Å². The van der Waals surface area contributed by atoms with E-state index in [0.29, 0.717) is 4.88 Å². The Kier molecular flexibility index (Phi) is 4.93.